The first-order valence-electron chi connectivity index (χ1n) is 12.2. The molecular formula is C27H28ClN3O6S2. The van der Waals surface area contributed by atoms with Crippen LogP contribution in [0.5, 0.6) is 5.75 Å². The molecular weight excluding hydrogens is 562 g/mol. The summed E-state index contributed by atoms with van der Waals surface area (Å²) < 4.78 is 34.7. The molecule has 0 bridgehead atoms. The molecule has 2 aromatic carbocycles. The fraction of sp³-hybridized carbons (Fsp3) is 0.333. The van der Waals surface area contributed by atoms with Crippen LogP contribution in [0.15, 0.2) is 58.8 Å². The van der Waals surface area contributed by atoms with E-state index in [1.807, 2.05) is 0 Å². The number of anilines is 1. The van der Waals surface area contributed by atoms with E-state index in [-0.39, 0.29) is 39.4 Å². The number of rotatable bonds is 6. The molecule has 39 heavy (non-hydrogen) atoms. The van der Waals surface area contributed by atoms with Crippen LogP contribution >= 0.6 is 22.9 Å². The zero-order valence-corrected chi connectivity index (χ0v) is 24.2. The SMILES string of the molecule is COc1ccccc1C1(N2C[C@H](O)C[C@H]2C(=O)N(C)C)C(=O)N(S(=O)(=O)c2ccc(C)s2)c2ccc(Cl)cc21. The number of sulfonamides is 1. The van der Waals surface area contributed by atoms with Crippen molar-refractivity contribution >= 4 is 50.5 Å². The molecule has 2 aliphatic rings. The zero-order chi connectivity index (χ0) is 28.3. The molecule has 1 aromatic heterocycles. The van der Waals surface area contributed by atoms with Crippen molar-refractivity contribution in [3.05, 3.63) is 75.6 Å². The fourth-order valence-corrected chi connectivity index (χ4v) is 8.57. The smallest absolute Gasteiger partial charge is 0.280 e. The zero-order valence-electron chi connectivity index (χ0n) is 21.8. The Labute approximate surface area is 236 Å². The highest BCUT2D eigenvalue weighted by atomic mass is 35.5. The Morgan fingerprint density at radius 1 is 1.15 bits per heavy atom. The number of aliphatic hydroxyl groups excluding tert-OH is 1. The summed E-state index contributed by atoms with van der Waals surface area (Å²) in [5.74, 6) is -0.811. The molecule has 5 rings (SSSR count). The summed E-state index contributed by atoms with van der Waals surface area (Å²) in [6.07, 6.45) is -0.875. The van der Waals surface area contributed by atoms with Gasteiger partial charge in [-0.05, 0) is 49.7 Å². The number of aliphatic hydroxyl groups is 1. The predicted octanol–water partition coefficient (Wildman–Crippen LogP) is 3.22. The number of hydrogen-bond donors (Lipinski definition) is 1. The number of nitrogens with zero attached hydrogens (tertiary/aromatic N) is 3. The quantitative estimate of drug-likeness (QED) is 0.470. The average Bonchev–Trinajstić information content (AvgIpc) is 3.57. The largest absolute Gasteiger partial charge is 0.496 e. The van der Waals surface area contributed by atoms with Gasteiger partial charge in [-0.25, -0.2) is 0 Å². The van der Waals surface area contributed by atoms with Crippen LogP contribution in [0, 0.1) is 6.92 Å². The fourth-order valence-electron chi connectivity index (χ4n) is 5.58. The third-order valence-corrected chi connectivity index (χ3v) is 10.6. The molecule has 0 saturated carbocycles. The van der Waals surface area contributed by atoms with Crippen molar-refractivity contribution in [1.82, 2.24) is 9.80 Å². The number of thiophene rings is 1. The van der Waals surface area contributed by atoms with Gasteiger partial charge < -0.3 is 14.7 Å². The molecule has 2 aliphatic heterocycles. The Bertz CT molecular complexity index is 1570. The molecule has 1 saturated heterocycles. The Morgan fingerprint density at radius 3 is 2.51 bits per heavy atom. The van der Waals surface area contributed by atoms with E-state index in [1.165, 1.54) is 30.2 Å². The van der Waals surface area contributed by atoms with Gasteiger partial charge >= 0.3 is 0 Å². The summed E-state index contributed by atoms with van der Waals surface area (Å²) in [5, 5.41) is 11.1. The normalized spacial score (nSPS) is 23.2. The van der Waals surface area contributed by atoms with E-state index in [0.29, 0.717) is 11.3 Å². The summed E-state index contributed by atoms with van der Waals surface area (Å²) in [4.78, 5) is 32.1. The minimum atomic E-state index is -4.36. The highest BCUT2D eigenvalue weighted by molar-refractivity contribution is 7.95. The van der Waals surface area contributed by atoms with Gasteiger partial charge in [-0.3, -0.25) is 14.5 Å². The molecule has 3 atom stereocenters. The number of amides is 2. The number of halogens is 1. The number of likely N-dealkylation sites (N-methyl/N-ethyl adjacent to an activating group) is 1. The minimum Gasteiger partial charge on any atom is -0.496 e. The summed E-state index contributed by atoms with van der Waals surface area (Å²) >= 11 is 7.54. The molecule has 1 N–H and O–H groups in total. The minimum absolute atomic E-state index is 0.00690. The lowest BCUT2D eigenvalue weighted by Crippen LogP contribution is -2.59. The van der Waals surface area contributed by atoms with Gasteiger partial charge in [0.05, 0.1) is 24.9 Å². The number of likely N-dealkylation sites (tertiary alicyclic amines) is 1. The number of ether oxygens (including phenoxy) is 1. The van der Waals surface area contributed by atoms with E-state index in [2.05, 4.69) is 0 Å². The summed E-state index contributed by atoms with van der Waals surface area (Å²) in [5.41, 5.74) is -1.10. The van der Waals surface area contributed by atoms with Crippen molar-refractivity contribution in [1.29, 1.82) is 0 Å². The first kappa shape index (κ1) is 27.6. The molecule has 12 heteroatoms. The number of carbonyl (C=O) groups excluding carboxylic acids is 2. The first-order chi connectivity index (χ1) is 18.4. The molecule has 0 radical (unpaired) electrons. The van der Waals surface area contributed by atoms with Crippen molar-refractivity contribution in [3.8, 4) is 5.75 Å². The van der Waals surface area contributed by atoms with Gasteiger partial charge in [0.25, 0.3) is 15.9 Å². The van der Waals surface area contributed by atoms with E-state index in [4.69, 9.17) is 16.3 Å². The standard InChI is InChI=1S/C27H28ClN3O6S2/c1-16-9-12-24(38-16)39(35,36)31-21-11-10-17(28)13-20(21)27(26(31)34,19-7-5-6-8-23(19)37-4)30-15-18(32)14-22(30)25(33)29(2)3/h5-13,18,22,32H,14-15H2,1-4H3/t18-,22+,27?/m1/s1. The summed E-state index contributed by atoms with van der Waals surface area (Å²) in [6, 6.07) is 13.6. The van der Waals surface area contributed by atoms with Crippen LogP contribution in [-0.4, -0.2) is 75.0 Å². The van der Waals surface area contributed by atoms with E-state index < -0.39 is 33.6 Å². The molecule has 0 aliphatic carbocycles. The van der Waals surface area contributed by atoms with Crippen molar-refractivity contribution in [3.63, 3.8) is 0 Å². The highest BCUT2D eigenvalue weighted by Gasteiger charge is 2.64. The summed E-state index contributed by atoms with van der Waals surface area (Å²) in [7, 11) is 0.289. The average molecular weight is 590 g/mol. The molecule has 0 spiro atoms. The van der Waals surface area contributed by atoms with Crippen LogP contribution in [0.25, 0.3) is 0 Å². The number of carbonyl (C=O) groups is 2. The second-order valence-electron chi connectivity index (χ2n) is 9.80. The van der Waals surface area contributed by atoms with Crippen molar-refractivity contribution in [2.75, 3.05) is 32.1 Å². The van der Waals surface area contributed by atoms with Crippen LogP contribution in [-0.2, 0) is 25.2 Å². The highest BCUT2D eigenvalue weighted by Crippen LogP contribution is 2.55. The maximum absolute atomic E-state index is 14.9. The number of aryl methyl sites for hydroxylation is 1. The lowest BCUT2D eigenvalue weighted by atomic mass is 9.80. The van der Waals surface area contributed by atoms with Gasteiger partial charge in [0, 0.05) is 41.7 Å². The molecule has 3 aromatic rings. The maximum atomic E-state index is 14.9. The third kappa shape index (κ3) is 4.15. The third-order valence-electron chi connectivity index (χ3n) is 7.20. The van der Waals surface area contributed by atoms with Gasteiger partial charge in [0.1, 0.15) is 9.96 Å². The number of fused-ring (bicyclic) bond motifs is 1. The van der Waals surface area contributed by atoms with Gasteiger partial charge in [-0.1, -0.05) is 29.8 Å². The number of β-amino-alcohol motifs (C(OH)–C–C–N with tert-alkyl or cyclic N) is 1. The number of methoxy groups -OCH3 is 1. The monoisotopic (exact) mass is 589 g/mol. The lowest BCUT2D eigenvalue weighted by Gasteiger charge is -2.42. The van der Waals surface area contributed by atoms with Crippen LogP contribution in [0.1, 0.15) is 22.4 Å². The first-order valence-corrected chi connectivity index (χ1v) is 14.8. The van der Waals surface area contributed by atoms with Crippen LogP contribution in [0.2, 0.25) is 5.02 Å². The lowest BCUT2D eigenvalue weighted by molar-refractivity contribution is -0.138. The topological polar surface area (TPSA) is 107 Å². The Hall–Kier alpha value is -2.96. The van der Waals surface area contributed by atoms with Gasteiger partial charge in [-0.15, -0.1) is 11.3 Å². The maximum Gasteiger partial charge on any atom is 0.280 e. The molecule has 206 valence electrons. The van der Waals surface area contributed by atoms with Gasteiger partial charge in [0.2, 0.25) is 5.91 Å². The number of benzene rings is 2. The van der Waals surface area contributed by atoms with Crippen LogP contribution in [0.4, 0.5) is 5.69 Å². The molecule has 1 unspecified atom stereocenters. The van der Waals surface area contributed by atoms with E-state index in [9.17, 15) is 23.1 Å². The van der Waals surface area contributed by atoms with Crippen LogP contribution in [0.3, 0.4) is 0 Å². The number of hydrogen-bond acceptors (Lipinski definition) is 8. The molecule has 3 heterocycles. The second kappa shape index (κ2) is 9.90. The Morgan fingerprint density at radius 2 is 1.87 bits per heavy atom. The second-order valence-corrected chi connectivity index (χ2v) is 13.5. The Kier molecular flexibility index (Phi) is 7.01. The molecule has 1 fully saturated rings. The van der Waals surface area contributed by atoms with E-state index >= 15 is 0 Å². The predicted molar refractivity (Wildman–Crippen MR) is 149 cm³/mol. The van der Waals surface area contributed by atoms with Crippen molar-refractivity contribution in [2.45, 2.75) is 35.2 Å². The summed E-state index contributed by atoms with van der Waals surface area (Å²) in [6.45, 7) is 1.72. The van der Waals surface area contributed by atoms with Gasteiger partial charge in [0.15, 0.2) is 5.54 Å². The molecule has 9 nitrogen and oxygen atoms in total. The van der Waals surface area contributed by atoms with Crippen molar-refractivity contribution in [2.24, 2.45) is 0 Å². The van der Waals surface area contributed by atoms with Gasteiger partial charge in [-0.2, -0.15) is 12.7 Å². The van der Waals surface area contributed by atoms with E-state index in [0.717, 1.165) is 20.5 Å². The number of para-hydroxylation sites is 1. The molecule has 2 amide bonds. The van der Waals surface area contributed by atoms with E-state index in [1.54, 1.807) is 62.3 Å². The van der Waals surface area contributed by atoms with Crippen LogP contribution < -0.4 is 9.04 Å². The van der Waals surface area contributed by atoms with Crippen molar-refractivity contribution < 1.29 is 27.9 Å². The Balaban J connectivity index is 1.87.